The van der Waals surface area contributed by atoms with Gasteiger partial charge in [0.25, 0.3) is 5.91 Å². The molecule has 2 heterocycles. The van der Waals surface area contributed by atoms with E-state index in [2.05, 4.69) is 67.4 Å². The lowest BCUT2D eigenvalue weighted by atomic mass is 9.80. The Bertz CT molecular complexity index is 949. The van der Waals surface area contributed by atoms with Crippen molar-refractivity contribution in [3.05, 3.63) is 57.3 Å². The third-order valence-corrected chi connectivity index (χ3v) is 6.87. The Morgan fingerprint density at radius 3 is 2.69 bits per heavy atom. The van der Waals surface area contributed by atoms with Crippen molar-refractivity contribution in [3.8, 4) is 0 Å². The standard InChI is InChI=1S/C25H32N2OS/c1-6-7-8-9-10-18-15-20(29-17-18)12-14-23-25(2,3)21-16-19(24(28)26-4)11-13-22(21)27(23)5/h11-17H,6-10H2,1-5H3/p+1. The van der Waals surface area contributed by atoms with E-state index in [4.69, 9.17) is 0 Å². The van der Waals surface area contributed by atoms with Crippen molar-refractivity contribution >= 4 is 34.7 Å². The molecule has 1 amide bonds. The molecule has 0 aliphatic carbocycles. The highest BCUT2D eigenvalue weighted by atomic mass is 32.1. The molecule has 29 heavy (non-hydrogen) atoms. The lowest BCUT2D eigenvalue weighted by molar-refractivity contribution is -0.401. The van der Waals surface area contributed by atoms with Crippen LogP contribution in [0, 0.1) is 0 Å². The van der Waals surface area contributed by atoms with Crippen molar-refractivity contribution in [2.45, 2.75) is 58.3 Å². The van der Waals surface area contributed by atoms with Crippen LogP contribution >= 0.6 is 11.3 Å². The third-order valence-electron chi connectivity index (χ3n) is 5.92. The van der Waals surface area contributed by atoms with Crippen LogP contribution in [0.15, 0.2) is 35.7 Å². The second kappa shape index (κ2) is 9.08. The number of thiophene rings is 1. The fourth-order valence-electron chi connectivity index (χ4n) is 4.15. The minimum absolute atomic E-state index is 0.0414. The van der Waals surface area contributed by atoms with E-state index in [1.165, 1.54) is 59.5 Å². The molecular formula is C25H33N2OS+. The highest BCUT2D eigenvalue weighted by Crippen LogP contribution is 2.40. The van der Waals surface area contributed by atoms with Gasteiger partial charge < -0.3 is 5.32 Å². The summed E-state index contributed by atoms with van der Waals surface area (Å²) in [5.74, 6) is -0.0414. The van der Waals surface area contributed by atoms with Crippen LogP contribution in [0.2, 0.25) is 0 Å². The van der Waals surface area contributed by atoms with Gasteiger partial charge in [0.1, 0.15) is 7.05 Å². The van der Waals surface area contributed by atoms with Crippen molar-refractivity contribution in [2.75, 3.05) is 14.1 Å². The van der Waals surface area contributed by atoms with Gasteiger partial charge in [0.15, 0.2) is 5.71 Å². The van der Waals surface area contributed by atoms with Gasteiger partial charge in [-0.2, -0.15) is 4.58 Å². The summed E-state index contributed by atoms with van der Waals surface area (Å²) in [6.45, 7) is 6.72. The summed E-state index contributed by atoms with van der Waals surface area (Å²) < 4.78 is 2.25. The summed E-state index contributed by atoms with van der Waals surface area (Å²) in [6.07, 6.45) is 10.9. The molecule has 1 aromatic heterocycles. The van der Waals surface area contributed by atoms with Crippen molar-refractivity contribution in [1.82, 2.24) is 5.32 Å². The van der Waals surface area contributed by atoms with E-state index >= 15 is 0 Å². The van der Waals surface area contributed by atoms with E-state index in [1.807, 2.05) is 23.5 Å². The number of carbonyl (C=O) groups is 1. The van der Waals surface area contributed by atoms with Gasteiger partial charge in [-0.05, 0) is 61.9 Å². The fourth-order valence-corrected chi connectivity index (χ4v) is 4.99. The molecule has 0 bridgehead atoms. The van der Waals surface area contributed by atoms with Crippen molar-refractivity contribution in [1.29, 1.82) is 0 Å². The molecular weight excluding hydrogens is 376 g/mol. The summed E-state index contributed by atoms with van der Waals surface area (Å²) in [6, 6.07) is 8.32. The maximum atomic E-state index is 12.1. The fraction of sp³-hybridized carbons (Fsp3) is 0.440. The van der Waals surface area contributed by atoms with Gasteiger partial charge in [-0.3, -0.25) is 4.79 Å². The number of nitrogens with one attached hydrogen (secondary N) is 1. The first-order valence-electron chi connectivity index (χ1n) is 10.6. The topological polar surface area (TPSA) is 32.1 Å². The number of fused-ring (bicyclic) bond motifs is 1. The number of nitrogens with zero attached hydrogens (tertiary/aromatic N) is 1. The number of amides is 1. The Morgan fingerprint density at radius 1 is 1.17 bits per heavy atom. The smallest absolute Gasteiger partial charge is 0.251 e. The molecule has 0 saturated carbocycles. The van der Waals surface area contributed by atoms with Gasteiger partial charge in [-0.1, -0.05) is 26.2 Å². The molecule has 0 atom stereocenters. The normalized spacial score (nSPS) is 15.2. The van der Waals surface area contributed by atoms with Crippen LogP contribution in [0.3, 0.4) is 0 Å². The molecule has 4 heteroatoms. The summed E-state index contributed by atoms with van der Waals surface area (Å²) in [4.78, 5) is 13.4. The molecule has 0 saturated heterocycles. The lowest BCUT2D eigenvalue weighted by Gasteiger charge is -2.16. The van der Waals surface area contributed by atoms with Crippen molar-refractivity contribution < 1.29 is 9.37 Å². The highest BCUT2D eigenvalue weighted by Gasteiger charge is 2.43. The summed E-state index contributed by atoms with van der Waals surface area (Å²) >= 11 is 1.82. The monoisotopic (exact) mass is 409 g/mol. The molecule has 3 rings (SSSR count). The first kappa shape index (κ1) is 21.5. The minimum Gasteiger partial charge on any atom is -0.355 e. The van der Waals surface area contributed by atoms with Gasteiger partial charge >= 0.3 is 0 Å². The molecule has 1 aliphatic rings. The summed E-state index contributed by atoms with van der Waals surface area (Å²) in [5.41, 5.74) is 5.63. The highest BCUT2D eigenvalue weighted by molar-refractivity contribution is 7.11. The molecule has 3 nitrogen and oxygen atoms in total. The van der Waals surface area contributed by atoms with E-state index in [0.29, 0.717) is 5.56 Å². The van der Waals surface area contributed by atoms with Gasteiger partial charge in [-0.15, -0.1) is 11.3 Å². The molecule has 0 fully saturated rings. The Morgan fingerprint density at radius 2 is 1.97 bits per heavy atom. The van der Waals surface area contributed by atoms with Gasteiger partial charge in [0.05, 0.1) is 5.41 Å². The number of rotatable bonds is 8. The second-order valence-corrected chi connectivity index (χ2v) is 9.32. The molecule has 1 N–H and O–H groups in total. The first-order chi connectivity index (χ1) is 13.9. The number of unbranched alkanes of at least 4 members (excludes halogenated alkanes) is 3. The molecule has 0 spiro atoms. The first-order valence-corrected chi connectivity index (χ1v) is 11.5. The zero-order valence-corrected chi connectivity index (χ0v) is 19.2. The number of hydrogen-bond acceptors (Lipinski definition) is 2. The molecule has 1 aliphatic heterocycles. The van der Waals surface area contributed by atoms with E-state index in [9.17, 15) is 4.79 Å². The third kappa shape index (κ3) is 4.53. The van der Waals surface area contributed by atoms with Gasteiger partial charge in [0.2, 0.25) is 5.69 Å². The molecule has 1 aromatic carbocycles. The predicted octanol–water partition coefficient (Wildman–Crippen LogP) is 5.95. The maximum Gasteiger partial charge on any atom is 0.251 e. The van der Waals surface area contributed by atoms with Crippen LogP contribution in [-0.2, 0) is 11.8 Å². The van der Waals surface area contributed by atoms with Crippen molar-refractivity contribution in [3.63, 3.8) is 0 Å². The molecule has 154 valence electrons. The molecule has 0 radical (unpaired) electrons. The van der Waals surface area contributed by atoms with E-state index in [-0.39, 0.29) is 11.3 Å². The number of benzene rings is 1. The molecule has 2 aromatic rings. The Kier molecular flexibility index (Phi) is 6.74. The number of allylic oxidation sites excluding steroid dienone is 1. The van der Waals surface area contributed by atoms with Crippen LogP contribution in [0.5, 0.6) is 0 Å². The van der Waals surface area contributed by atoms with E-state index < -0.39 is 0 Å². The SMILES string of the molecule is CCCCCCc1csc(C=CC2=[N+](C)c3ccc(C(=O)NC)cc3C2(C)C)c1. The number of carbonyl (C=O) groups excluding carboxylic acids is 1. The van der Waals surface area contributed by atoms with Crippen LogP contribution < -0.4 is 5.32 Å². The predicted molar refractivity (Wildman–Crippen MR) is 125 cm³/mol. The molecule has 0 unspecified atom stereocenters. The van der Waals surface area contributed by atoms with Gasteiger partial charge in [0, 0.05) is 35.2 Å². The number of aryl methyl sites for hydroxylation is 1. The quantitative estimate of drug-likeness (QED) is 0.424. The van der Waals surface area contributed by atoms with Crippen molar-refractivity contribution in [2.24, 2.45) is 0 Å². The Balaban J connectivity index is 1.78. The average molecular weight is 410 g/mol. The van der Waals surface area contributed by atoms with Gasteiger partial charge in [-0.25, -0.2) is 0 Å². The Labute approximate surface area is 179 Å². The zero-order chi connectivity index (χ0) is 21.0. The van der Waals surface area contributed by atoms with Crippen LogP contribution in [0.4, 0.5) is 5.69 Å². The van der Waals surface area contributed by atoms with Crippen LogP contribution in [0.25, 0.3) is 6.08 Å². The number of hydrogen-bond donors (Lipinski definition) is 1. The summed E-state index contributed by atoms with van der Waals surface area (Å²) in [7, 11) is 3.78. The summed E-state index contributed by atoms with van der Waals surface area (Å²) in [5, 5.41) is 5.02. The average Bonchev–Trinajstić information content (AvgIpc) is 3.24. The van der Waals surface area contributed by atoms with E-state index in [0.717, 1.165) is 0 Å². The second-order valence-electron chi connectivity index (χ2n) is 8.38. The minimum atomic E-state index is -0.148. The van der Waals surface area contributed by atoms with Crippen LogP contribution in [-0.4, -0.2) is 30.3 Å². The van der Waals surface area contributed by atoms with E-state index in [1.54, 1.807) is 7.05 Å². The zero-order valence-electron chi connectivity index (χ0n) is 18.3. The van der Waals surface area contributed by atoms with Crippen LogP contribution in [0.1, 0.15) is 72.8 Å². The Hall–Kier alpha value is -2.20. The largest absolute Gasteiger partial charge is 0.355 e. The maximum absolute atomic E-state index is 12.1. The lowest BCUT2D eigenvalue weighted by Crippen LogP contribution is -2.27.